The number of hydrogen-bond acceptors (Lipinski definition) is 11. The number of esters is 4. The van der Waals surface area contributed by atoms with Crippen LogP contribution in [0.15, 0.2) is 0 Å². The summed E-state index contributed by atoms with van der Waals surface area (Å²) in [6.45, 7) is 19.4. The number of hydrogen-bond donors (Lipinski definition) is 0. The molecule has 4 unspecified atom stereocenters. The molecule has 2 aliphatic carbocycles. The van der Waals surface area contributed by atoms with E-state index in [1.54, 1.807) is 7.11 Å². The number of methoxy groups -OCH3 is 1. The van der Waals surface area contributed by atoms with Gasteiger partial charge in [-0.1, -0.05) is 131 Å². The maximum atomic E-state index is 12.6. The molecule has 422 valence electrons. The highest BCUT2D eigenvalue weighted by atomic mass is 16.5. The number of fused-ring (bicyclic) bond motifs is 2. The SMILES string of the molecule is CCCCCCCCCCC(=O)OCCCCC(=O)OCCCC1(C)CC2CC(C)(CCCOC)CC(CCCOC(=O)CCCCOC(=O)CCCCCCCCCC)(C2)C1.CCN(CC)CCCC=O. The summed E-state index contributed by atoms with van der Waals surface area (Å²) in [5.41, 5.74) is 0.699. The first-order valence-corrected chi connectivity index (χ1v) is 30.1. The number of rotatable bonds is 46. The molecular formula is C61H113NO10. The Hall–Kier alpha value is -2.53. The van der Waals surface area contributed by atoms with Gasteiger partial charge in [-0.05, 0) is 157 Å². The van der Waals surface area contributed by atoms with Gasteiger partial charge in [-0.2, -0.15) is 0 Å². The molecule has 2 aliphatic rings. The van der Waals surface area contributed by atoms with Gasteiger partial charge in [-0.15, -0.1) is 0 Å². The number of carbonyl (C=O) groups is 5. The van der Waals surface area contributed by atoms with Gasteiger partial charge in [0, 0.05) is 45.8 Å². The highest BCUT2D eigenvalue weighted by Crippen LogP contribution is 2.64. The molecule has 0 aromatic heterocycles. The van der Waals surface area contributed by atoms with E-state index in [-0.39, 0.29) is 40.1 Å². The molecular weight excluding hydrogens is 907 g/mol. The first-order chi connectivity index (χ1) is 34.8. The second-order valence-electron chi connectivity index (χ2n) is 22.8. The smallest absolute Gasteiger partial charge is 0.305 e. The summed E-state index contributed by atoms with van der Waals surface area (Å²) in [5.74, 6) is 0.107. The Kier molecular flexibility index (Phi) is 40.9. The Morgan fingerprint density at radius 2 is 0.819 bits per heavy atom. The van der Waals surface area contributed by atoms with Crippen LogP contribution in [0.25, 0.3) is 0 Å². The van der Waals surface area contributed by atoms with Crippen LogP contribution in [0.2, 0.25) is 0 Å². The van der Waals surface area contributed by atoms with E-state index < -0.39 is 0 Å². The number of aldehydes is 1. The lowest BCUT2D eigenvalue weighted by atomic mass is 9.47. The first-order valence-electron chi connectivity index (χ1n) is 30.1. The molecule has 0 amide bonds. The van der Waals surface area contributed by atoms with Crippen LogP contribution in [0.3, 0.4) is 0 Å². The van der Waals surface area contributed by atoms with E-state index in [9.17, 15) is 24.0 Å². The molecule has 0 aliphatic heterocycles. The molecule has 0 aromatic carbocycles. The topological polar surface area (TPSA) is 135 Å². The van der Waals surface area contributed by atoms with Crippen molar-refractivity contribution in [3.05, 3.63) is 0 Å². The summed E-state index contributed by atoms with van der Waals surface area (Å²) in [4.78, 5) is 61.6. The van der Waals surface area contributed by atoms with E-state index in [2.05, 4.69) is 46.4 Å². The zero-order chi connectivity index (χ0) is 53.0. The van der Waals surface area contributed by atoms with Crippen molar-refractivity contribution in [1.82, 2.24) is 4.90 Å². The van der Waals surface area contributed by atoms with Gasteiger partial charge >= 0.3 is 23.9 Å². The Balaban J connectivity index is 0.00000232. The molecule has 0 radical (unpaired) electrons. The van der Waals surface area contributed by atoms with Crippen molar-refractivity contribution in [3.63, 3.8) is 0 Å². The minimum Gasteiger partial charge on any atom is -0.466 e. The lowest BCUT2D eigenvalue weighted by Gasteiger charge is -2.58. The van der Waals surface area contributed by atoms with Crippen LogP contribution in [-0.2, 0) is 47.7 Å². The van der Waals surface area contributed by atoms with E-state index in [1.807, 2.05) is 0 Å². The molecule has 2 fully saturated rings. The Morgan fingerprint density at radius 3 is 1.21 bits per heavy atom. The second-order valence-corrected chi connectivity index (χ2v) is 22.8. The lowest BCUT2D eigenvalue weighted by Crippen LogP contribution is -2.47. The molecule has 0 aromatic rings. The van der Waals surface area contributed by atoms with Crippen molar-refractivity contribution < 1.29 is 47.7 Å². The summed E-state index contributed by atoms with van der Waals surface area (Å²) in [6.07, 6.45) is 38.5. The van der Waals surface area contributed by atoms with Gasteiger partial charge < -0.3 is 33.4 Å². The van der Waals surface area contributed by atoms with Crippen LogP contribution in [0, 0.1) is 22.2 Å². The molecule has 2 saturated carbocycles. The maximum Gasteiger partial charge on any atom is 0.305 e. The quantitative estimate of drug-likeness (QED) is 0.0250. The maximum absolute atomic E-state index is 12.6. The molecule has 0 N–H and O–H groups in total. The van der Waals surface area contributed by atoms with Crippen LogP contribution in [-0.4, -0.2) is 94.8 Å². The van der Waals surface area contributed by atoms with E-state index >= 15 is 0 Å². The molecule has 72 heavy (non-hydrogen) atoms. The van der Waals surface area contributed by atoms with Crippen LogP contribution < -0.4 is 0 Å². The molecule has 0 spiro atoms. The molecule has 2 bridgehead atoms. The summed E-state index contributed by atoms with van der Waals surface area (Å²) in [7, 11) is 1.79. The fourth-order valence-corrected chi connectivity index (χ4v) is 12.2. The van der Waals surface area contributed by atoms with E-state index in [0.29, 0.717) is 90.1 Å². The monoisotopic (exact) mass is 1020 g/mol. The van der Waals surface area contributed by atoms with Crippen LogP contribution >= 0.6 is 0 Å². The van der Waals surface area contributed by atoms with Gasteiger partial charge in [0.1, 0.15) is 6.29 Å². The van der Waals surface area contributed by atoms with E-state index in [0.717, 1.165) is 103 Å². The summed E-state index contributed by atoms with van der Waals surface area (Å²) in [5, 5.41) is 0. The van der Waals surface area contributed by atoms with Crippen molar-refractivity contribution in [2.45, 2.75) is 279 Å². The normalized spacial score (nSPS) is 20.4. The fourth-order valence-electron chi connectivity index (χ4n) is 12.2. The van der Waals surface area contributed by atoms with E-state index in [4.69, 9.17) is 23.7 Å². The van der Waals surface area contributed by atoms with Crippen LogP contribution in [0.5, 0.6) is 0 Å². The highest BCUT2D eigenvalue weighted by Gasteiger charge is 2.52. The predicted molar refractivity (Wildman–Crippen MR) is 294 cm³/mol. The van der Waals surface area contributed by atoms with Crippen LogP contribution in [0.1, 0.15) is 279 Å². The summed E-state index contributed by atoms with van der Waals surface area (Å²) in [6, 6.07) is 0. The third-order valence-corrected chi connectivity index (χ3v) is 15.6. The zero-order valence-electron chi connectivity index (χ0n) is 48.0. The molecule has 0 heterocycles. The summed E-state index contributed by atoms with van der Waals surface area (Å²) >= 11 is 0. The van der Waals surface area contributed by atoms with Crippen molar-refractivity contribution in [3.8, 4) is 0 Å². The molecule has 4 atom stereocenters. The average molecular weight is 1020 g/mol. The highest BCUT2D eigenvalue weighted by molar-refractivity contribution is 5.70. The number of ether oxygens (including phenoxy) is 5. The van der Waals surface area contributed by atoms with Crippen molar-refractivity contribution in [1.29, 1.82) is 0 Å². The molecule has 11 nitrogen and oxygen atoms in total. The van der Waals surface area contributed by atoms with Gasteiger partial charge in [0.2, 0.25) is 0 Å². The van der Waals surface area contributed by atoms with Crippen molar-refractivity contribution in [2.75, 3.05) is 59.8 Å². The molecule has 2 rings (SSSR count). The molecule has 11 heteroatoms. The van der Waals surface area contributed by atoms with Gasteiger partial charge in [0.25, 0.3) is 0 Å². The van der Waals surface area contributed by atoms with Gasteiger partial charge in [-0.3, -0.25) is 19.2 Å². The van der Waals surface area contributed by atoms with Crippen LogP contribution in [0.4, 0.5) is 0 Å². The Morgan fingerprint density at radius 1 is 0.458 bits per heavy atom. The van der Waals surface area contributed by atoms with Crippen molar-refractivity contribution in [2.24, 2.45) is 22.2 Å². The molecule has 0 saturated heterocycles. The van der Waals surface area contributed by atoms with Gasteiger partial charge in [0.15, 0.2) is 0 Å². The fraction of sp³-hybridized carbons (Fsp3) is 0.918. The minimum atomic E-state index is -0.161. The number of nitrogens with zero attached hydrogens (tertiary/aromatic N) is 1. The third kappa shape index (κ3) is 35.6. The standard InChI is InChI=1S/C53H96O9.C8H17NO/c1-6-8-10-12-14-16-18-20-29-47(54)59-37-24-22-31-49(56)61-39-27-34-52(4)42-46-41-51(3,33-26-36-58-5)44-53(43-46,45-52)35-28-40-62-50(57)32-23-25-38-60-48(55)30-21-19-17-15-13-11-9-7-2;1-3-9(4-2)7-5-6-8-10/h46H,6-45H2,1-5H3;8H,3-7H2,1-2H3. The summed E-state index contributed by atoms with van der Waals surface area (Å²) < 4.78 is 27.7. The number of unbranched alkanes of at least 4 members (excludes halogenated alkanes) is 17. The van der Waals surface area contributed by atoms with Gasteiger partial charge in [0.05, 0.1) is 26.4 Å². The Labute approximate surface area is 442 Å². The van der Waals surface area contributed by atoms with Gasteiger partial charge in [-0.25, -0.2) is 0 Å². The predicted octanol–water partition coefficient (Wildman–Crippen LogP) is 15.4. The third-order valence-electron chi connectivity index (χ3n) is 15.6. The Bertz CT molecular complexity index is 1370. The zero-order valence-corrected chi connectivity index (χ0v) is 48.0. The average Bonchev–Trinajstić information content (AvgIpc) is 3.34. The first kappa shape index (κ1) is 67.5. The number of carbonyl (C=O) groups excluding carboxylic acids is 5. The lowest BCUT2D eigenvalue weighted by molar-refractivity contribution is -0.146. The minimum absolute atomic E-state index is 0.122. The largest absolute Gasteiger partial charge is 0.466 e. The van der Waals surface area contributed by atoms with Crippen molar-refractivity contribution >= 4 is 30.2 Å². The van der Waals surface area contributed by atoms with E-state index in [1.165, 1.54) is 109 Å². The second kappa shape index (κ2) is 43.7.